The van der Waals surface area contributed by atoms with E-state index in [0.29, 0.717) is 0 Å². The van der Waals surface area contributed by atoms with Gasteiger partial charge < -0.3 is 10.1 Å². The summed E-state index contributed by atoms with van der Waals surface area (Å²) < 4.78 is 54.0. The summed E-state index contributed by atoms with van der Waals surface area (Å²) in [6, 6.07) is 4.90. The number of alkyl halides is 4. The van der Waals surface area contributed by atoms with E-state index in [1.807, 2.05) is 0 Å². The number of hydrogen-bond donors (Lipinski definition) is 2. The van der Waals surface area contributed by atoms with E-state index in [2.05, 4.69) is 10.1 Å². The highest BCUT2D eigenvalue weighted by atomic mass is 19.3. The third-order valence-electron chi connectivity index (χ3n) is 2.24. The third-order valence-corrected chi connectivity index (χ3v) is 2.24. The van der Waals surface area contributed by atoms with Crippen molar-refractivity contribution < 1.29 is 31.9 Å². The molecule has 0 aliphatic rings. The van der Waals surface area contributed by atoms with Crippen molar-refractivity contribution in [3.8, 4) is 0 Å². The first-order valence-corrected chi connectivity index (χ1v) is 5.78. The molecule has 5 nitrogen and oxygen atoms in total. The molecule has 0 aliphatic carbocycles. The Balaban J connectivity index is 2.67. The number of amides is 2. The van der Waals surface area contributed by atoms with Crippen LogP contribution in [-0.2, 0) is 9.53 Å². The monoisotopic (exact) mass is 308 g/mol. The van der Waals surface area contributed by atoms with Gasteiger partial charge in [0.2, 0.25) is 0 Å². The van der Waals surface area contributed by atoms with Gasteiger partial charge in [-0.1, -0.05) is 0 Å². The van der Waals surface area contributed by atoms with Crippen LogP contribution in [0.15, 0.2) is 24.3 Å². The average Bonchev–Trinajstić information content (AvgIpc) is 2.41. The van der Waals surface area contributed by atoms with E-state index in [1.165, 1.54) is 24.3 Å². The molecule has 1 aromatic carbocycles. The number of carbonyl (C=O) groups is 2. The van der Waals surface area contributed by atoms with Crippen LogP contribution in [0.25, 0.3) is 0 Å². The van der Waals surface area contributed by atoms with Crippen molar-refractivity contribution in [1.82, 2.24) is 0 Å². The third kappa shape index (κ3) is 4.62. The van der Waals surface area contributed by atoms with E-state index >= 15 is 0 Å². The quantitative estimate of drug-likeness (QED) is 0.821. The van der Waals surface area contributed by atoms with Crippen molar-refractivity contribution in [2.24, 2.45) is 0 Å². The molecule has 1 rings (SSSR count). The van der Waals surface area contributed by atoms with E-state index in [9.17, 15) is 27.2 Å². The summed E-state index contributed by atoms with van der Waals surface area (Å²) in [6.45, 7) is 1.78. The van der Waals surface area contributed by atoms with Crippen molar-refractivity contribution in [3.63, 3.8) is 0 Å². The van der Waals surface area contributed by atoms with E-state index < -0.39 is 24.3 Å². The van der Waals surface area contributed by atoms with Crippen molar-refractivity contribution >= 4 is 23.4 Å². The molecule has 116 valence electrons. The number of carbonyl (C=O) groups excluding carboxylic acids is 2. The Labute approximate surface area is 117 Å². The Kier molecular flexibility index (Phi) is 5.51. The number of hydrogen-bond acceptors (Lipinski definition) is 3. The first kappa shape index (κ1) is 16.7. The summed E-state index contributed by atoms with van der Waals surface area (Å²) in [5.74, 6) is -6.88. The van der Waals surface area contributed by atoms with E-state index in [4.69, 9.17) is 0 Å². The summed E-state index contributed by atoms with van der Waals surface area (Å²) in [5.41, 5.74) is 0.168. The summed E-state index contributed by atoms with van der Waals surface area (Å²) in [4.78, 5) is 22.1. The molecule has 21 heavy (non-hydrogen) atoms. The van der Waals surface area contributed by atoms with Gasteiger partial charge in [0.05, 0.1) is 6.61 Å². The molecule has 2 N–H and O–H groups in total. The first-order chi connectivity index (χ1) is 9.77. The van der Waals surface area contributed by atoms with Gasteiger partial charge in [0.1, 0.15) is 0 Å². The van der Waals surface area contributed by atoms with Crippen molar-refractivity contribution in [2.75, 3.05) is 17.2 Å². The van der Waals surface area contributed by atoms with Gasteiger partial charge in [-0.3, -0.25) is 10.1 Å². The predicted octanol–water partition coefficient (Wildman–Crippen LogP) is 3.09. The second-order valence-corrected chi connectivity index (χ2v) is 3.80. The second kappa shape index (κ2) is 6.91. The summed E-state index contributed by atoms with van der Waals surface area (Å²) >= 11 is 0. The summed E-state index contributed by atoms with van der Waals surface area (Å²) in [7, 11) is 0. The van der Waals surface area contributed by atoms with E-state index in [-0.39, 0.29) is 18.0 Å². The number of benzene rings is 1. The topological polar surface area (TPSA) is 67.4 Å². The van der Waals surface area contributed by atoms with E-state index in [0.717, 1.165) is 0 Å². The van der Waals surface area contributed by atoms with Gasteiger partial charge in [-0.2, -0.15) is 8.78 Å². The highest BCUT2D eigenvalue weighted by molar-refractivity contribution is 5.96. The standard InChI is InChI=1S/C12H12F4N2O3/c1-2-21-11(20)18-8-5-3-7(4-6-8)17-10(19)12(15,16)9(13)14/h3-6,9H,2H2,1H3,(H,17,19)(H,18,20). The Bertz CT molecular complexity index is 506. The lowest BCUT2D eigenvalue weighted by atomic mass is 10.2. The zero-order valence-corrected chi connectivity index (χ0v) is 10.8. The first-order valence-electron chi connectivity index (χ1n) is 5.78. The molecule has 0 aromatic heterocycles. The minimum atomic E-state index is -4.78. The van der Waals surface area contributed by atoms with Crippen LogP contribution in [0, 0.1) is 0 Å². The van der Waals surface area contributed by atoms with Crippen molar-refractivity contribution in [1.29, 1.82) is 0 Å². The van der Waals surface area contributed by atoms with Gasteiger partial charge in [-0.05, 0) is 31.2 Å². The highest BCUT2D eigenvalue weighted by Crippen LogP contribution is 2.25. The van der Waals surface area contributed by atoms with Gasteiger partial charge in [-0.15, -0.1) is 0 Å². The Morgan fingerprint density at radius 1 is 1.14 bits per heavy atom. The largest absolute Gasteiger partial charge is 0.450 e. The minimum absolute atomic E-state index is 0.116. The lowest BCUT2D eigenvalue weighted by Crippen LogP contribution is -2.40. The molecule has 2 amide bonds. The van der Waals surface area contributed by atoms with Crippen LogP contribution in [0.5, 0.6) is 0 Å². The van der Waals surface area contributed by atoms with E-state index in [1.54, 1.807) is 12.2 Å². The molecule has 0 atom stereocenters. The van der Waals surface area contributed by atoms with Gasteiger partial charge in [-0.25, -0.2) is 13.6 Å². The smallest absolute Gasteiger partial charge is 0.411 e. The van der Waals surface area contributed by atoms with Gasteiger partial charge in [0, 0.05) is 11.4 Å². The number of rotatable bonds is 5. The van der Waals surface area contributed by atoms with Crippen LogP contribution in [0.4, 0.5) is 33.7 Å². The molecule has 0 saturated carbocycles. The number of nitrogens with one attached hydrogen (secondary N) is 2. The molecule has 0 unspecified atom stereocenters. The Morgan fingerprint density at radius 3 is 2.05 bits per heavy atom. The number of anilines is 2. The number of ether oxygens (including phenoxy) is 1. The van der Waals surface area contributed by atoms with Crippen LogP contribution in [0.1, 0.15) is 6.92 Å². The fourth-order valence-electron chi connectivity index (χ4n) is 1.24. The molecule has 9 heteroatoms. The molecule has 0 radical (unpaired) electrons. The Hall–Kier alpha value is -2.32. The lowest BCUT2D eigenvalue weighted by molar-refractivity contribution is -0.163. The van der Waals surface area contributed by atoms with Crippen LogP contribution in [0.3, 0.4) is 0 Å². The minimum Gasteiger partial charge on any atom is -0.450 e. The highest BCUT2D eigenvalue weighted by Gasteiger charge is 2.48. The maximum atomic E-state index is 12.7. The maximum Gasteiger partial charge on any atom is 0.411 e. The fraction of sp³-hybridized carbons (Fsp3) is 0.333. The second-order valence-electron chi connectivity index (χ2n) is 3.80. The average molecular weight is 308 g/mol. The normalized spacial score (nSPS) is 11.1. The fourth-order valence-corrected chi connectivity index (χ4v) is 1.24. The zero-order chi connectivity index (χ0) is 16.0. The molecule has 1 aromatic rings. The van der Waals surface area contributed by atoms with Gasteiger partial charge in [0.15, 0.2) is 0 Å². The molecular weight excluding hydrogens is 296 g/mol. The summed E-state index contributed by atoms with van der Waals surface area (Å²) in [5, 5.41) is 3.99. The van der Waals surface area contributed by atoms with Gasteiger partial charge in [0.25, 0.3) is 0 Å². The van der Waals surface area contributed by atoms with Gasteiger partial charge >= 0.3 is 24.3 Å². The number of halogens is 4. The molecule has 0 aliphatic heterocycles. The predicted molar refractivity (Wildman–Crippen MR) is 66.7 cm³/mol. The molecular formula is C12H12F4N2O3. The molecule has 0 saturated heterocycles. The molecule has 0 spiro atoms. The van der Waals surface area contributed by atoms with Crippen LogP contribution in [0.2, 0.25) is 0 Å². The molecule has 0 heterocycles. The lowest BCUT2D eigenvalue weighted by Gasteiger charge is -2.15. The zero-order valence-electron chi connectivity index (χ0n) is 10.8. The van der Waals surface area contributed by atoms with Crippen molar-refractivity contribution in [2.45, 2.75) is 19.3 Å². The van der Waals surface area contributed by atoms with Crippen LogP contribution >= 0.6 is 0 Å². The molecule has 0 fully saturated rings. The maximum absolute atomic E-state index is 12.7. The Morgan fingerprint density at radius 2 is 1.62 bits per heavy atom. The SMILES string of the molecule is CCOC(=O)Nc1ccc(NC(=O)C(F)(F)C(F)F)cc1. The van der Waals surface area contributed by atoms with Crippen LogP contribution in [-0.4, -0.2) is 31.0 Å². The summed E-state index contributed by atoms with van der Waals surface area (Å²) in [6.07, 6.45) is -4.80. The molecule has 0 bridgehead atoms. The van der Waals surface area contributed by atoms with Crippen LogP contribution < -0.4 is 10.6 Å². The van der Waals surface area contributed by atoms with Crippen molar-refractivity contribution in [3.05, 3.63) is 24.3 Å².